The summed E-state index contributed by atoms with van der Waals surface area (Å²) in [6, 6.07) is 9.81. The number of aliphatic imine (C=N–C) groups is 1. The van der Waals surface area contributed by atoms with Crippen LogP contribution < -0.4 is 15.4 Å². The Bertz CT molecular complexity index is 761. The van der Waals surface area contributed by atoms with Crippen LogP contribution in [0.15, 0.2) is 46.0 Å². The van der Waals surface area contributed by atoms with Crippen LogP contribution in [0.25, 0.3) is 0 Å². The normalized spacial score (nSPS) is 10.8. The van der Waals surface area contributed by atoms with Gasteiger partial charge in [0, 0.05) is 32.6 Å². The first-order chi connectivity index (χ1) is 13.0. The molecule has 1 aromatic heterocycles. The highest BCUT2D eigenvalue weighted by molar-refractivity contribution is 14.0. The van der Waals surface area contributed by atoms with E-state index in [4.69, 9.17) is 9.15 Å². The maximum atomic E-state index is 11.9. The van der Waals surface area contributed by atoms with Gasteiger partial charge in [-0.2, -0.15) is 0 Å². The van der Waals surface area contributed by atoms with Gasteiger partial charge in [0.15, 0.2) is 5.96 Å². The number of methoxy groups -OCH3 is 1. The highest BCUT2D eigenvalue weighted by Crippen LogP contribution is 2.20. The number of aryl methyl sites for hydroxylation is 1. The van der Waals surface area contributed by atoms with Crippen molar-refractivity contribution in [1.29, 1.82) is 0 Å². The smallest absolute Gasteiger partial charge is 0.241 e. The fraction of sp³-hybridized carbons (Fsp3) is 0.400. The zero-order valence-corrected chi connectivity index (χ0v) is 19.2. The Morgan fingerprint density at radius 2 is 2.04 bits per heavy atom. The van der Waals surface area contributed by atoms with Gasteiger partial charge in [-0.15, -0.1) is 24.0 Å². The first kappa shape index (κ1) is 23.8. The number of likely N-dealkylation sites (N-methyl/N-ethyl adjacent to an activating group) is 1. The minimum atomic E-state index is -0.0246. The van der Waals surface area contributed by atoms with E-state index in [0.29, 0.717) is 19.0 Å². The Balaban J connectivity index is 0.00000392. The van der Waals surface area contributed by atoms with E-state index in [9.17, 15) is 4.79 Å². The van der Waals surface area contributed by atoms with Crippen molar-refractivity contribution in [1.82, 2.24) is 15.5 Å². The van der Waals surface area contributed by atoms with Crippen molar-refractivity contribution >= 4 is 35.8 Å². The van der Waals surface area contributed by atoms with Gasteiger partial charge in [0.2, 0.25) is 5.91 Å². The van der Waals surface area contributed by atoms with Gasteiger partial charge in [0.25, 0.3) is 0 Å². The van der Waals surface area contributed by atoms with Crippen molar-refractivity contribution < 1.29 is 13.9 Å². The van der Waals surface area contributed by atoms with Crippen LogP contribution in [0, 0.1) is 6.92 Å². The monoisotopic (exact) mass is 500 g/mol. The van der Waals surface area contributed by atoms with Gasteiger partial charge >= 0.3 is 0 Å². The summed E-state index contributed by atoms with van der Waals surface area (Å²) in [4.78, 5) is 18.0. The number of carbonyl (C=O) groups excluding carboxylic acids is 1. The minimum absolute atomic E-state index is 0. The topological polar surface area (TPSA) is 79.1 Å². The Hall–Kier alpha value is -2.23. The van der Waals surface area contributed by atoms with Crippen LogP contribution in [-0.4, -0.2) is 51.1 Å². The number of hydrogen-bond donors (Lipinski definition) is 2. The van der Waals surface area contributed by atoms with E-state index in [-0.39, 0.29) is 36.4 Å². The van der Waals surface area contributed by atoms with Crippen molar-refractivity contribution in [2.45, 2.75) is 19.9 Å². The van der Waals surface area contributed by atoms with Gasteiger partial charge in [-0.1, -0.05) is 12.1 Å². The quantitative estimate of drug-likeness (QED) is 0.331. The Morgan fingerprint density at radius 1 is 1.25 bits per heavy atom. The largest absolute Gasteiger partial charge is 0.496 e. The van der Waals surface area contributed by atoms with E-state index in [1.807, 2.05) is 37.3 Å². The molecule has 7 nitrogen and oxygen atoms in total. The number of furan rings is 1. The van der Waals surface area contributed by atoms with E-state index in [0.717, 1.165) is 29.1 Å². The molecule has 0 fully saturated rings. The minimum Gasteiger partial charge on any atom is -0.496 e. The SMILES string of the molecule is COc1cc(C)ccc1CN=C(NCCc1ccco1)NCC(=O)N(C)C.I. The first-order valence-electron chi connectivity index (χ1n) is 8.88. The summed E-state index contributed by atoms with van der Waals surface area (Å²) in [6.45, 7) is 3.27. The van der Waals surface area contributed by atoms with Crippen molar-refractivity contribution in [3.8, 4) is 5.75 Å². The molecule has 1 aromatic carbocycles. The van der Waals surface area contributed by atoms with Gasteiger partial charge in [-0.05, 0) is 30.7 Å². The summed E-state index contributed by atoms with van der Waals surface area (Å²) in [6.07, 6.45) is 2.38. The first-order valence-corrected chi connectivity index (χ1v) is 8.88. The number of nitrogens with zero attached hydrogens (tertiary/aromatic N) is 2. The van der Waals surface area contributed by atoms with Crippen LogP contribution in [0.1, 0.15) is 16.9 Å². The molecule has 1 heterocycles. The highest BCUT2D eigenvalue weighted by atomic mass is 127. The van der Waals surface area contributed by atoms with Crippen LogP contribution in [0.2, 0.25) is 0 Å². The molecular formula is C20H29IN4O3. The molecule has 0 unspecified atom stereocenters. The second kappa shape index (κ2) is 12.3. The second-order valence-corrected chi connectivity index (χ2v) is 6.38. The van der Waals surface area contributed by atoms with Crippen molar-refractivity contribution in [2.24, 2.45) is 4.99 Å². The number of amides is 1. The maximum absolute atomic E-state index is 11.9. The molecule has 8 heteroatoms. The zero-order valence-electron chi connectivity index (χ0n) is 16.8. The number of ether oxygens (including phenoxy) is 1. The van der Waals surface area contributed by atoms with Crippen LogP contribution in [0.4, 0.5) is 0 Å². The summed E-state index contributed by atoms with van der Waals surface area (Å²) < 4.78 is 10.8. The maximum Gasteiger partial charge on any atom is 0.241 e. The number of carbonyl (C=O) groups is 1. The number of nitrogens with one attached hydrogen (secondary N) is 2. The molecule has 28 heavy (non-hydrogen) atoms. The average molecular weight is 500 g/mol. The fourth-order valence-corrected chi connectivity index (χ4v) is 2.40. The van der Waals surface area contributed by atoms with Crippen molar-refractivity contribution in [2.75, 3.05) is 34.3 Å². The summed E-state index contributed by atoms with van der Waals surface area (Å²) >= 11 is 0. The fourth-order valence-electron chi connectivity index (χ4n) is 2.40. The van der Waals surface area contributed by atoms with Gasteiger partial charge in [0.1, 0.15) is 11.5 Å². The molecule has 2 N–H and O–H groups in total. The van der Waals surface area contributed by atoms with Crippen LogP contribution in [-0.2, 0) is 17.8 Å². The highest BCUT2D eigenvalue weighted by Gasteiger charge is 2.08. The van der Waals surface area contributed by atoms with Gasteiger partial charge in [-0.25, -0.2) is 4.99 Å². The number of hydrogen-bond acceptors (Lipinski definition) is 4. The van der Waals surface area contributed by atoms with E-state index >= 15 is 0 Å². The molecule has 0 saturated heterocycles. The molecule has 0 bridgehead atoms. The third kappa shape index (κ3) is 7.79. The van der Waals surface area contributed by atoms with Crippen molar-refractivity contribution in [3.05, 3.63) is 53.5 Å². The third-order valence-corrected chi connectivity index (χ3v) is 4.00. The van der Waals surface area contributed by atoms with Crippen LogP contribution >= 0.6 is 24.0 Å². The molecule has 1 amide bonds. The van der Waals surface area contributed by atoms with Crippen molar-refractivity contribution in [3.63, 3.8) is 0 Å². The third-order valence-electron chi connectivity index (χ3n) is 4.00. The van der Waals surface area contributed by atoms with Gasteiger partial charge in [-0.3, -0.25) is 4.79 Å². The van der Waals surface area contributed by atoms with E-state index in [1.165, 1.54) is 4.90 Å². The second-order valence-electron chi connectivity index (χ2n) is 6.38. The number of guanidine groups is 1. The zero-order chi connectivity index (χ0) is 19.6. The Kier molecular flexibility index (Phi) is 10.4. The molecule has 0 aliphatic carbocycles. The molecule has 0 radical (unpaired) electrons. The molecular weight excluding hydrogens is 471 g/mol. The molecule has 0 aliphatic heterocycles. The molecule has 2 aromatic rings. The van der Waals surface area contributed by atoms with E-state index in [2.05, 4.69) is 15.6 Å². The van der Waals surface area contributed by atoms with E-state index < -0.39 is 0 Å². The standard InChI is InChI=1S/C20H28N4O3.HI/c1-15-7-8-16(18(12-15)26-4)13-22-20(23-14-19(25)24(2)3)21-10-9-17-6-5-11-27-17;/h5-8,11-12H,9-10,13-14H2,1-4H3,(H2,21,22,23);1H. The van der Waals surface area contributed by atoms with Gasteiger partial charge in [0.05, 0.1) is 26.5 Å². The molecule has 0 saturated carbocycles. The molecule has 0 aliphatic rings. The molecule has 2 rings (SSSR count). The average Bonchev–Trinajstić information content (AvgIpc) is 3.17. The molecule has 0 spiro atoms. The number of halogens is 1. The van der Waals surface area contributed by atoms with Crippen LogP contribution in [0.3, 0.4) is 0 Å². The Morgan fingerprint density at radius 3 is 2.68 bits per heavy atom. The van der Waals surface area contributed by atoms with Gasteiger partial charge < -0.3 is 24.7 Å². The number of rotatable bonds is 8. The van der Waals surface area contributed by atoms with Crippen LogP contribution in [0.5, 0.6) is 5.75 Å². The number of benzene rings is 1. The summed E-state index contributed by atoms with van der Waals surface area (Å²) in [5.74, 6) is 2.24. The molecule has 0 atom stereocenters. The lowest BCUT2D eigenvalue weighted by molar-refractivity contribution is -0.127. The summed E-state index contributed by atoms with van der Waals surface area (Å²) in [5, 5.41) is 6.32. The summed E-state index contributed by atoms with van der Waals surface area (Å²) in [5.41, 5.74) is 2.11. The lowest BCUT2D eigenvalue weighted by Crippen LogP contribution is -2.43. The lowest BCUT2D eigenvalue weighted by Gasteiger charge is -2.15. The predicted molar refractivity (Wildman–Crippen MR) is 121 cm³/mol. The predicted octanol–water partition coefficient (Wildman–Crippen LogP) is 2.58. The molecule has 154 valence electrons. The summed E-state index contributed by atoms with van der Waals surface area (Å²) in [7, 11) is 5.10. The lowest BCUT2D eigenvalue weighted by atomic mass is 10.1. The van der Waals surface area contributed by atoms with E-state index in [1.54, 1.807) is 27.5 Å². The Labute approximate surface area is 183 Å².